The molecule has 2 aliphatic rings. The van der Waals surface area contributed by atoms with Crippen LogP contribution in [0.3, 0.4) is 0 Å². The van der Waals surface area contributed by atoms with Crippen LogP contribution < -0.4 is 0 Å². The largest absolute Gasteiger partial charge is 0.396 e. The van der Waals surface area contributed by atoms with Crippen LogP contribution in [-0.4, -0.2) is 58.0 Å². The Balaban J connectivity index is 1.52. The van der Waals surface area contributed by atoms with Crippen LogP contribution in [0.5, 0.6) is 0 Å². The fourth-order valence-corrected chi connectivity index (χ4v) is 3.91. The molecule has 0 spiro atoms. The Morgan fingerprint density at radius 1 is 1.39 bits per heavy atom. The second kappa shape index (κ2) is 5.94. The number of aliphatic hydroxyl groups is 1. The molecule has 0 bridgehead atoms. The zero-order chi connectivity index (χ0) is 15.8. The molecular weight excluding hydrogens is 294 g/mol. The maximum Gasteiger partial charge on any atom is 0.229 e. The maximum atomic E-state index is 12.8. The second-order valence-corrected chi connectivity index (χ2v) is 6.48. The summed E-state index contributed by atoms with van der Waals surface area (Å²) in [5, 5.41) is 17.6. The van der Waals surface area contributed by atoms with Crippen molar-refractivity contribution >= 4 is 16.8 Å². The van der Waals surface area contributed by atoms with E-state index in [-0.39, 0.29) is 30.6 Å². The van der Waals surface area contributed by atoms with E-state index in [1.54, 1.807) is 0 Å². The number of aromatic nitrogens is 2. The summed E-state index contributed by atoms with van der Waals surface area (Å²) < 4.78 is 5.79. The molecule has 4 rings (SSSR count). The third-order valence-electron chi connectivity index (χ3n) is 5.08. The number of fused-ring (bicyclic) bond motifs is 2. The standard InChI is InChI=1S/C17H21N3O3/c21-10-11-7-15-16(8-11)23-6-5-20(15)17(22)9-14-12-3-1-2-4-13(12)18-19-14/h1-4,11,15-16,21H,5-10H2,(H,18,19)/t11-,15+,16?/m1/s1. The molecule has 1 amide bonds. The average Bonchev–Trinajstić information content (AvgIpc) is 3.18. The Hall–Kier alpha value is -1.92. The fourth-order valence-electron chi connectivity index (χ4n) is 3.91. The number of hydrogen-bond donors (Lipinski definition) is 2. The van der Waals surface area contributed by atoms with Gasteiger partial charge in [0.15, 0.2) is 0 Å². The first-order chi connectivity index (χ1) is 11.3. The van der Waals surface area contributed by atoms with Crippen molar-refractivity contribution in [3.8, 4) is 0 Å². The smallest absolute Gasteiger partial charge is 0.229 e. The number of nitrogens with zero attached hydrogens (tertiary/aromatic N) is 2. The van der Waals surface area contributed by atoms with Crippen molar-refractivity contribution in [1.29, 1.82) is 0 Å². The van der Waals surface area contributed by atoms with E-state index in [4.69, 9.17) is 4.74 Å². The number of nitrogens with one attached hydrogen (secondary N) is 1. The van der Waals surface area contributed by atoms with E-state index in [1.807, 2.05) is 29.2 Å². The number of rotatable bonds is 3. The van der Waals surface area contributed by atoms with Gasteiger partial charge in [-0.05, 0) is 24.8 Å². The fraction of sp³-hybridized carbons (Fsp3) is 0.529. The molecule has 6 heteroatoms. The van der Waals surface area contributed by atoms with Gasteiger partial charge in [-0.25, -0.2) is 0 Å². The maximum absolute atomic E-state index is 12.8. The average molecular weight is 315 g/mol. The summed E-state index contributed by atoms with van der Waals surface area (Å²) in [5.74, 6) is 0.350. The number of aliphatic hydroxyl groups excluding tert-OH is 1. The predicted molar refractivity (Wildman–Crippen MR) is 84.8 cm³/mol. The normalized spacial score (nSPS) is 27.3. The summed E-state index contributed by atoms with van der Waals surface area (Å²) >= 11 is 0. The molecule has 2 fully saturated rings. The van der Waals surface area contributed by atoms with E-state index in [2.05, 4.69) is 10.2 Å². The van der Waals surface area contributed by atoms with E-state index in [1.165, 1.54) is 0 Å². The third kappa shape index (κ3) is 2.62. The lowest BCUT2D eigenvalue weighted by molar-refractivity contribution is -0.143. The van der Waals surface area contributed by atoms with Crippen LogP contribution in [0.25, 0.3) is 10.9 Å². The molecule has 2 heterocycles. The molecule has 3 atom stereocenters. The minimum atomic E-state index is 0.0726. The molecule has 1 unspecified atom stereocenters. The highest BCUT2D eigenvalue weighted by Gasteiger charge is 2.42. The first-order valence-electron chi connectivity index (χ1n) is 8.20. The number of para-hydroxylation sites is 1. The zero-order valence-electron chi connectivity index (χ0n) is 12.9. The van der Waals surface area contributed by atoms with Gasteiger partial charge in [-0.3, -0.25) is 9.89 Å². The summed E-state index contributed by atoms with van der Waals surface area (Å²) in [6.07, 6.45) is 2.07. The van der Waals surface area contributed by atoms with Gasteiger partial charge in [0.25, 0.3) is 0 Å². The number of amides is 1. The summed E-state index contributed by atoms with van der Waals surface area (Å²) in [6, 6.07) is 7.92. The van der Waals surface area contributed by atoms with Crippen molar-refractivity contribution in [1.82, 2.24) is 15.1 Å². The Kier molecular flexibility index (Phi) is 3.79. The molecule has 6 nitrogen and oxygen atoms in total. The highest BCUT2D eigenvalue weighted by molar-refractivity contribution is 5.87. The molecule has 1 aliphatic carbocycles. The first-order valence-corrected chi connectivity index (χ1v) is 8.20. The number of hydrogen-bond acceptors (Lipinski definition) is 4. The molecule has 1 aromatic heterocycles. The SMILES string of the molecule is O=C(Cc1[nH]nc2ccccc12)N1CCOC2C[C@H](CO)C[C@@H]21. The Morgan fingerprint density at radius 3 is 3.13 bits per heavy atom. The molecule has 1 saturated carbocycles. The first kappa shape index (κ1) is 14.7. The van der Waals surface area contributed by atoms with Gasteiger partial charge in [0.1, 0.15) is 0 Å². The Labute approximate surface area is 134 Å². The van der Waals surface area contributed by atoms with Gasteiger partial charge in [0.05, 0.1) is 36.4 Å². The lowest BCUT2D eigenvalue weighted by atomic mass is 10.1. The van der Waals surface area contributed by atoms with Gasteiger partial charge in [-0.2, -0.15) is 5.10 Å². The van der Waals surface area contributed by atoms with Crippen LogP contribution in [0.2, 0.25) is 0 Å². The van der Waals surface area contributed by atoms with Crippen LogP contribution in [0.15, 0.2) is 24.3 Å². The number of H-pyrrole nitrogens is 1. The van der Waals surface area contributed by atoms with Crippen LogP contribution >= 0.6 is 0 Å². The highest BCUT2D eigenvalue weighted by atomic mass is 16.5. The Morgan fingerprint density at radius 2 is 2.26 bits per heavy atom. The van der Waals surface area contributed by atoms with Gasteiger partial charge in [0, 0.05) is 18.5 Å². The van der Waals surface area contributed by atoms with Crippen molar-refractivity contribution in [3.05, 3.63) is 30.0 Å². The molecule has 2 N–H and O–H groups in total. The third-order valence-corrected chi connectivity index (χ3v) is 5.08. The molecule has 1 aromatic carbocycles. The summed E-state index contributed by atoms with van der Waals surface area (Å²) in [6.45, 7) is 1.38. The van der Waals surface area contributed by atoms with Gasteiger partial charge < -0.3 is 14.7 Å². The van der Waals surface area contributed by atoms with Crippen molar-refractivity contribution in [2.24, 2.45) is 5.92 Å². The molecule has 0 radical (unpaired) electrons. The molecular formula is C17H21N3O3. The second-order valence-electron chi connectivity index (χ2n) is 6.48. The number of ether oxygens (including phenoxy) is 1. The monoisotopic (exact) mass is 315 g/mol. The number of carbonyl (C=O) groups excluding carboxylic acids is 1. The quantitative estimate of drug-likeness (QED) is 0.889. The van der Waals surface area contributed by atoms with Crippen LogP contribution in [0.1, 0.15) is 18.5 Å². The van der Waals surface area contributed by atoms with Gasteiger partial charge in [0.2, 0.25) is 5.91 Å². The molecule has 2 aromatic rings. The number of aromatic amines is 1. The van der Waals surface area contributed by atoms with Gasteiger partial charge in [-0.1, -0.05) is 18.2 Å². The van der Waals surface area contributed by atoms with Gasteiger partial charge in [-0.15, -0.1) is 0 Å². The minimum Gasteiger partial charge on any atom is -0.396 e. The molecule has 1 saturated heterocycles. The molecule has 122 valence electrons. The molecule has 23 heavy (non-hydrogen) atoms. The summed E-state index contributed by atoms with van der Waals surface area (Å²) in [5.41, 5.74) is 1.75. The van der Waals surface area contributed by atoms with E-state index in [0.29, 0.717) is 19.6 Å². The van der Waals surface area contributed by atoms with E-state index in [0.717, 1.165) is 29.4 Å². The van der Waals surface area contributed by atoms with Crippen molar-refractivity contribution < 1.29 is 14.6 Å². The van der Waals surface area contributed by atoms with Crippen molar-refractivity contribution in [3.63, 3.8) is 0 Å². The Bertz CT molecular complexity index is 714. The minimum absolute atomic E-state index is 0.0726. The summed E-state index contributed by atoms with van der Waals surface area (Å²) in [4.78, 5) is 14.8. The van der Waals surface area contributed by atoms with Crippen LogP contribution in [-0.2, 0) is 16.0 Å². The number of carbonyl (C=O) groups is 1. The summed E-state index contributed by atoms with van der Waals surface area (Å²) in [7, 11) is 0. The van der Waals surface area contributed by atoms with E-state index >= 15 is 0 Å². The highest BCUT2D eigenvalue weighted by Crippen LogP contribution is 2.34. The number of benzene rings is 1. The van der Waals surface area contributed by atoms with E-state index < -0.39 is 0 Å². The number of morpholine rings is 1. The predicted octanol–water partition coefficient (Wildman–Crippen LogP) is 1.10. The topological polar surface area (TPSA) is 78.5 Å². The zero-order valence-corrected chi connectivity index (χ0v) is 12.9. The van der Waals surface area contributed by atoms with Crippen LogP contribution in [0.4, 0.5) is 0 Å². The lowest BCUT2D eigenvalue weighted by Gasteiger charge is -2.37. The van der Waals surface area contributed by atoms with Gasteiger partial charge >= 0.3 is 0 Å². The van der Waals surface area contributed by atoms with Crippen LogP contribution in [0, 0.1) is 5.92 Å². The van der Waals surface area contributed by atoms with E-state index in [9.17, 15) is 9.90 Å². The van der Waals surface area contributed by atoms with Crippen molar-refractivity contribution in [2.45, 2.75) is 31.4 Å². The van der Waals surface area contributed by atoms with Crippen molar-refractivity contribution in [2.75, 3.05) is 19.8 Å². The lowest BCUT2D eigenvalue weighted by Crippen LogP contribution is -2.51. The molecule has 1 aliphatic heterocycles.